The van der Waals surface area contributed by atoms with Crippen molar-refractivity contribution in [1.82, 2.24) is 0 Å². The number of nitrogens with one attached hydrogen (secondary N) is 1. The van der Waals surface area contributed by atoms with Gasteiger partial charge in [0.15, 0.2) is 0 Å². The van der Waals surface area contributed by atoms with Gasteiger partial charge in [-0.15, -0.1) is 11.3 Å². The fraction of sp³-hybridized carbons (Fsp3) is 0.455. The molecule has 0 aliphatic heterocycles. The number of carboxylic acids is 1. The van der Waals surface area contributed by atoms with E-state index < -0.39 is 5.97 Å². The maximum atomic E-state index is 11.4. The molecular formula is C11H15NO4S. The molecule has 0 fully saturated rings. The number of thiophene rings is 1. The second kappa shape index (κ2) is 7.03. The van der Waals surface area contributed by atoms with E-state index in [-0.39, 0.29) is 10.8 Å². The van der Waals surface area contributed by atoms with E-state index in [1.165, 1.54) is 6.07 Å². The maximum absolute atomic E-state index is 11.4. The Bertz CT molecular complexity index is 389. The SMILES string of the molecule is CCOCCCC(=O)Nc1ccc(C(=O)O)s1. The normalized spacial score (nSPS) is 10.2. The summed E-state index contributed by atoms with van der Waals surface area (Å²) in [6.07, 6.45) is 1.04. The molecule has 0 atom stereocenters. The Balaban J connectivity index is 2.32. The highest BCUT2D eigenvalue weighted by Crippen LogP contribution is 2.21. The molecule has 0 aliphatic rings. The lowest BCUT2D eigenvalue weighted by Gasteiger charge is -2.02. The van der Waals surface area contributed by atoms with Gasteiger partial charge in [0.1, 0.15) is 4.88 Å². The van der Waals surface area contributed by atoms with Gasteiger partial charge in [-0.2, -0.15) is 0 Å². The van der Waals surface area contributed by atoms with Crippen LogP contribution >= 0.6 is 11.3 Å². The van der Waals surface area contributed by atoms with Crippen LogP contribution in [-0.2, 0) is 9.53 Å². The Labute approximate surface area is 103 Å². The van der Waals surface area contributed by atoms with Crippen LogP contribution in [0.25, 0.3) is 0 Å². The summed E-state index contributed by atoms with van der Waals surface area (Å²) >= 11 is 1.05. The van der Waals surface area contributed by atoms with Gasteiger partial charge in [0.2, 0.25) is 5.91 Å². The largest absolute Gasteiger partial charge is 0.477 e. The van der Waals surface area contributed by atoms with Gasteiger partial charge in [-0.1, -0.05) is 0 Å². The van der Waals surface area contributed by atoms with Crippen LogP contribution in [0.1, 0.15) is 29.4 Å². The lowest BCUT2D eigenvalue weighted by atomic mass is 10.3. The van der Waals surface area contributed by atoms with E-state index in [0.29, 0.717) is 31.1 Å². The van der Waals surface area contributed by atoms with Gasteiger partial charge in [0.05, 0.1) is 5.00 Å². The van der Waals surface area contributed by atoms with Crippen molar-refractivity contribution < 1.29 is 19.4 Å². The Kier molecular flexibility index (Phi) is 5.65. The van der Waals surface area contributed by atoms with Crippen LogP contribution in [0.15, 0.2) is 12.1 Å². The summed E-state index contributed by atoms with van der Waals surface area (Å²) in [7, 11) is 0. The fourth-order valence-electron chi connectivity index (χ4n) is 1.20. The van der Waals surface area contributed by atoms with E-state index >= 15 is 0 Å². The summed E-state index contributed by atoms with van der Waals surface area (Å²) in [5.41, 5.74) is 0. The van der Waals surface area contributed by atoms with E-state index in [1.807, 2.05) is 6.92 Å². The van der Waals surface area contributed by atoms with Crippen molar-refractivity contribution in [3.05, 3.63) is 17.0 Å². The number of anilines is 1. The highest BCUT2D eigenvalue weighted by molar-refractivity contribution is 7.18. The predicted octanol–water partition coefficient (Wildman–Crippen LogP) is 2.20. The molecule has 0 aliphatic carbocycles. The van der Waals surface area contributed by atoms with Gasteiger partial charge in [-0.05, 0) is 25.5 Å². The quantitative estimate of drug-likeness (QED) is 0.734. The summed E-state index contributed by atoms with van der Waals surface area (Å²) in [6.45, 7) is 3.11. The van der Waals surface area contributed by atoms with Crippen molar-refractivity contribution in [2.24, 2.45) is 0 Å². The van der Waals surface area contributed by atoms with Gasteiger partial charge in [0.25, 0.3) is 0 Å². The number of amides is 1. The first kappa shape index (κ1) is 13.7. The van der Waals surface area contributed by atoms with E-state index in [9.17, 15) is 9.59 Å². The average Bonchev–Trinajstić information content (AvgIpc) is 2.73. The fourth-order valence-corrected chi connectivity index (χ4v) is 1.96. The number of carboxylic acid groups (broad SMARTS) is 1. The van der Waals surface area contributed by atoms with E-state index in [1.54, 1.807) is 6.07 Å². The second-order valence-electron chi connectivity index (χ2n) is 3.32. The van der Waals surface area contributed by atoms with Crippen molar-refractivity contribution in [2.45, 2.75) is 19.8 Å². The number of hydrogen-bond acceptors (Lipinski definition) is 4. The molecule has 5 nitrogen and oxygen atoms in total. The Morgan fingerprint density at radius 3 is 2.82 bits per heavy atom. The molecule has 0 radical (unpaired) electrons. The molecule has 0 unspecified atom stereocenters. The van der Waals surface area contributed by atoms with Crippen molar-refractivity contribution in [3.8, 4) is 0 Å². The van der Waals surface area contributed by atoms with Gasteiger partial charge in [-0.3, -0.25) is 4.79 Å². The smallest absolute Gasteiger partial charge is 0.345 e. The third-order valence-electron chi connectivity index (χ3n) is 1.98. The summed E-state index contributed by atoms with van der Waals surface area (Å²) in [5.74, 6) is -1.10. The minimum Gasteiger partial charge on any atom is -0.477 e. The van der Waals surface area contributed by atoms with Crippen LogP contribution in [0, 0.1) is 0 Å². The molecule has 0 spiro atoms. The summed E-state index contributed by atoms with van der Waals surface area (Å²) < 4.78 is 5.11. The molecule has 17 heavy (non-hydrogen) atoms. The Hall–Kier alpha value is -1.40. The Morgan fingerprint density at radius 2 is 2.24 bits per heavy atom. The standard InChI is InChI=1S/C11H15NO4S/c1-2-16-7-3-4-9(13)12-10-6-5-8(17-10)11(14)15/h5-6H,2-4,7H2,1H3,(H,12,13)(H,14,15). The molecule has 0 saturated carbocycles. The molecule has 1 heterocycles. The van der Waals surface area contributed by atoms with E-state index in [2.05, 4.69) is 5.32 Å². The molecule has 0 bridgehead atoms. The first-order chi connectivity index (χ1) is 8.13. The number of aromatic carboxylic acids is 1. The summed E-state index contributed by atoms with van der Waals surface area (Å²) in [5, 5.41) is 11.9. The van der Waals surface area contributed by atoms with Crippen molar-refractivity contribution in [3.63, 3.8) is 0 Å². The molecule has 1 aromatic heterocycles. The van der Waals surface area contributed by atoms with Crippen LogP contribution in [0.3, 0.4) is 0 Å². The molecule has 2 N–H and O–H groups in total. The molecule has 1 aromatic rings. The highest BCUT2D eigenvalue weighted by atomic mass is 32.1. The van der Waals surface area contributed by atoms with Crippen LogP contribution in [-0.4, -0.2) is 30.2 Å². The van der Waals surface area contributed by atoms with Crippen LogP contribution < -0.4 is 5.32 Å². The number of carbonyl (C=O) groups excluding carboxylic acids is 1. The van der Waals surface area contributed by atoms with Gasteiger partial charge in [0, 0.05) is 19.6 Å². The third kappa shape index (κ3) is 4.97. The Morgan fingerprint density at radius 1 is 1.47 bits per heavy atom. The minimum atomic E-state index is -0.980. The first-order valence-corrected chi connectivity index (χ1v) is 6.16. The van der Waals surface area contributed by atoms with Crippen molar-refractivity contribution in [1.29, 1.82) is 0 Å². The van der Waals surface area contributed by atoms with Crippen LogP contribution in [0.2, 0.25) is 0 Å². The average molecular weight is 257 g/mol. The van der Waals surface area contributed by atoms with E-state index in [0.717, 1.165) is 11.3 Å². The van der Waals surface area contributed by atoms with Gasteiger partial charge >= 0.3 is 5.97 Å². The lowest BCUT2D eigenvalue weighted by Crippen LogP contribution is -2.11. The second-order valence-corrected chi connectivity index (χ2v) is 4.40. The third-order valence-corrected chi connectivity index (χ3v) is 2.96. The van der Waals surface area contributed by atoms with E-state index in [4.69, 9.17) is 9.84 Å². The zero-order chi connectivity index (χ0) is 12.7. The minimum absolute atomic E-state index is 0.122. The van der Waals surface area contributed by atoms with Crippen LogP contribution in [0.5, 0.6) is 0 Å². The van der Waals surface area contributed by atoms with Crippen molar-refractivity contribution in [2.75, 3.05) is 18.5 Å². The molecule has 0 saturated heterocycles. The molecule has 0 aromatic carbocycles. The molecule has 6 heteroatoms. The molecule has 94 valence electrons. The summed E-state index contributed by atoms with van der Waals surface area (Å²) in [4.78, 5) is 22.3. The summed E-state index contributed by atoms with van der Waals surface area (Å²) in [6, 6.07) is 3.07. The lowest BCUT2D eigenvalue weighted by molar-refractivity contribution is -0.116. The monoisotopic (exact) mass is 257 g/mol. The van der Waals surface area contributed by atoms with Crippen molar-refractivity contribution >= 4 is 28.2 Å². The maximum Gasteiger partial charge on any atom is 0.345 e. The predicted molar refractivity (Wildman–Crippen MR) is 65.6 cm³/mol. The topological polar surface area (TPSA) is 75.6 Å². The molecule has 1 rings (SSSR count). The zero-order valence-corrected chi connectivity index (χ0v) is 10.4. The van der Waals surface area contributed by atoms with Gasteiger partial charge in [-0.25, -0.2) is 4.79 Å². The number of hydrogen-bond donors (Lipinski definition) is 2. The van der Waals surface area contributed by atoms with Crippen LogP contribution in [0.4, 0.5) is 5.00 Å². The zero-order valence-electron chi connectivity index (χ0n) is 9.56. The highest BCUT2D eigenvalue weighted by Gasteiger charge is 2.08. The number of ether oxygens (including phenoxy) is 1. The molecule has 1 amide bonds. The number of carbonyl (C=O) groups is 2. The molecular weight excluding hydrogens is 242 g/mol. The number of rotatable bonds is 7. The first-order valence-electron chi connectivity index (χ1n) is 5.34. The van der Waals surface area contributed by atoms with Gasteiger partial charge < -0.3 is 15.2 Å².